The fourth-order valence-corrected chi connectivity index (χ4v) is 12.5. The Bertz CT molecular complexity index is 2670. The molecule has 8 aromatic carbocycles. The molecular weight excluding hydrogens is 1200 g/mol. The van der Waals surface area contributed by atoms with Crippen molar-refractivity contribution in [3.8, 4) is 22.3 Å². The summed E-state index contributed by atoms with van der Waals surface area (Å²) in [5.74, 6) is 0. The number of rotatable bonds is 10. The van der Waals surface area contributed by atoms with E-state index in [-0.39, 0.29) is 43.0 Å². The molecule has 8 rings (SSSR count). The largest absolute Gasteiger partial charge is 0.357 e. The van der Waals surface area contributed by atoms with Gasteiger partial charge in [0, 0.05) is 0 Å². The maximum Gasteiger partial charge on any atom is 0.357 e. The molecule has 0 atom stereocenters. The van der Waals surface area contributed by atoms with Gasteiger partial charge in [-0.25, -0.2) is 0 Å². The van der Waals surface area contributed by atoms with Crippen molar-refractivity contribution in [2.45, 2.75) is 29.4 Å². The Morgan fingerprint density at radius 2 is 0.361 bits per heavy atom. The van der Waals surface area contributed by atoms with E-state index < -0.39 is 23.4 Å². The summed E-state index contributed by atoms with van der Waals surface area (Å²) in [7, 11) is -32.2. The summed E-state index contributed by atoms with van der Waals surface area (Å²) in [5, 5.41) is 0. The third-order valence-electron chi connectivity index (χ3n) is 8.67. The van der Waals surface area contributed by atoms with Crippen LogP contribution in [0.3, 0.4) is 0 Å². The van der Waals surface area contributed by atoms with Crippen LogP contribution in [0, 0.1) is 7.14 Å². The molecule has 0 nitrogen and oxygen atoms in total. The average Bonchev–Trinajstić information content (AvgIpc) is 3.26. The third kappa shape index (κ3) is 25.2. The van der Waals surface area contributed by atoms with Crippen molar-refractivity contribution in [2.75, 3.05) is 0 Å². The molecule has 0 amide bonds. The first-order chi connectivity index (χ1) is 32.6. The van der Waals surface area contributed by atoms with E-state index in [1.54, 1.807) is 0 Å². The second-order valence-corrected chi connectivity index (χ2v) is 27.7. The van der Waals surface area contributed by atoms with Gasteiger partial charge in [0.25, 0.3) is 0 Å². The van der Waals surface area contributed by atoms with Crippen LogP contribution in [-0.2, 0) is 21.8 Å². The van der Waals surface area contributed by atoms with Gasteiger partial charge in [-0.3, -0.25) is 0 Å². The van der Waals surface area contributed by atoms with Crippen LogP contribution in [0.2, 0.25) is 0 Å². The van der Waals surface area contributed by atoms with E-state index >= 15 is 0 Å². The van der Waals surface area contributed by atoms with Gasteiger partial charge in [0.1, 0.15) is 0 Å². The van der Waals surface area contributed by atoms with E-state index in [1.807, 2.05) is 0 Å². The fourth-order valence-electron chi connectivity index (χ4n) is 6.15. The molecule has 0 bridgehead atoms. The van der Waals surface area contributed by atoms with E-state index in [2.05, 4.69) is 218 Å². The summed E-state index contributed by atoms with van der Waals surface area (Å²) in [4.78, 5) is 8.03. The normalized spacial score (nSPS) is 14.7. The molecule has 0 radical (unpaired) electrons. The van der Waals surface area contributed by atoms with Gasteiger partial charge in [0.2, 0.25) is 0 Å². The van der Waals surface area contributed by atoms with Crippen molar-refractivity contribution >= 4 is 45.2 Å². The summed E-state index contributed by atoms with van der Waals surface area (Å²) in [6.07, 6.45) is 0. The minimum Gasteiger partial charge on any atom is -0.0619 e. The van der Waals surface area contributed by atoms with Gasteiger partial charge in [-0.2, -0.15) is 0 Å². The molecule has 0 saturated heterocycles. The first-order valence-corrected chi connectivity index (χ1v) is 30.8. The van der Waals surface area contributed by atoms with Crippen LogP contribution in [0.1, 0.15) is 0 Å². The molecule has 24 heteroatoms. The first-order valence-electron chi connectivity index (χ1n) is 20.1. The second kappa shape index (κ2) is 19.8. The van der Waals surface area contributed by atoms with E-state index in [1.165, 1.54) is 58.8 Å². The Labute approximate surface area is 416 Å². The smallest absolute Gasteiger partial charge is 0.0619 e. The van der Waals surface area contributed by atoms with Crippen LogP contribution < -0.4 is 21.2 Å². The molecule has 0 heterocycles. The van der Waals surface area contributed by atoms with Crippen LogP contribution in [0.25, 0.3) is 22.3 Å². The van der Waals surface area contributed by atoms with Gasteiger partial charge in [0.05, 0.1) is 21.8 Å². The van der Waals surface area contributed by atoms with Crippen LogP contribution in [0.15, 0.2) is 248 Å². The molecule has 0 aliphatic carbocycles. The predicted octanol–water partition coefficient (Wildman–Crippen LogP) is 19.5. The van der Waals surface area contributed by atoms with E-state index in [4.69, 9.17) is 0 Å². The van der Waals surface area contributed by atoms with Gasteiger partial charge in [-0.15, -0.1) is 0 Å². The standard InChI is InChI=1S/C48H36IS2.3F6P/c1-5-13-43(14-6-1)50(44-15-7-2-8-16-44)47-33-25-39(26-34-47)37-21-29-41(30-22-37)49-42-31-23-38(24-32-42)40-27-35-48(36-28-40)51(45-17-9-3-10-18-45)46-19-11-4-12-20-46;3*1-7(2,3,4,5)6/h1-36H;;;/q+3;3*-1. The molecular formula is C48H36F18IP3S2. The molecule has 0 unspecified atom stereocenters. The third-order valence-corrected chi connectivity index (χ3v) is 15.8. The van der Waals surface area contributed by atoms with Gasteiger partial charge < -0.3 is 0 Å². The Hall–Kier alpha value is -4.78. The SMILES string of the molecule is F[P-](F)(F)(F)(F)F.F[P-](F)(F)(F)(F)F.F[P-](F)(F)(F)(F)F.c1ccc([S+](c2ccccc2)c2ccc(-c3ccc([I+]c4ccc(-c5ccc([S+](c6ccccc6)c6ccccc6)cc5)cc4)cc3)cc2)cc1. The molecule has 0 fully saturated rings. The Morgan fingerprint density at radius 3 is 0.542 bits per heavy atom. The maximum atomic E-state index is 9.87. The van der Waals surface area contributed by atoms with Crippen molar-refractivity contribution in [3.05, 3.63) is 226 Å². The Morgan fingerprint density at radius 1 is 0.208 bits per heavy atom. The van der Waals surface area contributed by atoms with Crippen LogP contribution >= 0.6 is 23.4 Å². The minimum absolute atomic E-state index is 0.133. The molecule has 0 saturated carbocycles. The van der Waals surface area contributed by atoms with Crippen molar-refractivity contribution in [1.82, 2.24) is 0 Å². The van der Waals surface area contributed by atoms with Crippen LogP contribution in [-0.4, -0.2) is 0 Å². The Kier molecular flexibility index (Phi) is 16.0. The summed E-state index contributed by atoms with van der Waals surface area (Å²) in [6.45, 7) is 0. The van der Waals surface area contributed by atoms with Gasteiger partial charge >= 0.3 is 120 Å². The molecule has 0 aliphatic heterocycles. The van der Waals surface area contributed by atoms with Crippen molar-refractivity contribution in [1.29, 1.82) is 0 Å². The van der Waals surface area contributed by atoms with Gasteiger partial charge in [-0.05, 0) is 168 Å². The van der Waals surface area contributed by atoms with E-state index in [9.17, 15) is 75.5 Å². The van der Waals surface area contributed by atoms with E-state index in [0.29, 0.717) is 0 Å². The zero-order valence-corrected chi connectivity index (χ0v) is 42.6. The zero-order valence-electron chi connectivity index (χ0n) is 36.1. The molecule has 0 spiro atoms. The zero-order chi connectivity index (χ0) is 53.5. The second-order valence-electron chi connectivity index (χ2n) is 14.9. The van der Waals surface area contributed by atoms with Crippen LogP contribution in [0.5, 0.6) is 0 Å². The minimum atomic E-state index is -10.7. The fraction of sp³-hybridized carbons (Fsp3) is 0. The molecule has 0 aromatic heterocycles. The monoisotopic (exact) mass is 1240 g/mol. The van der Waals surface area contributed by atoms with Crippen molar-refractivity contribution in [2.24, 2.45) is 0 Å². The first kappa shape index (κ1) is 58.1. The maximum absolute atomic E-state index is 10.7. The Balaban J connectivity index is 0.000000385. The number of hydrogen-bond donors (Lipinski definition) is 0. The van der Waals surface area contributed by atoms with E-state index in [0.717, 1.165) is 0 Å². The number of benzene rings is 8. The summed E-state index contributed by atoms with van der Waals surface area (Å²) < 4.78 is 180. The molecule has 0 aliphatic rings. The summed E-state index contributed by atoms with van der Waals surface area (Å²) >= 11 is -0.268. The number of halogens is 19. The molecule has 0 N–H and O–H groups in total. The summed E-state index contributed by atoms with van der Waals surface area (Å²) in [5.41, 5.74) is 5.02. The molecule has 72 heavy (non-hydrogen) atoms. The van der Waals surface area contributed by atoms with Crippen molar-refractivity contribution in [3.63, 3.8) is 0 Å². The van der Waals surface area contributed by atoms with Gasteiger partial charge in [0.15, 0.2) is 36.5 Å². The average molecular weight is 1240 g/mol. The van der Waals surface area contributed by atoms with Gasteiger partial charge in [-0.1, -0.05) is 72.8 Å². The quantitative estimate of drug-likeness (QED) is 0.0554. The number of hydrogen-bond acceptors (Lipinski definition) is 0. The molecule has 8 aromatic rings. The predicted molar refractivity (Wildman–Crippen MR) is 252 cm³/mol. The summed E-state index contributed by atoms with van der Waals surface area (Å²) in [6, 6.07) is 80.1. The molecule has 388 valence electrons. The topological polar surface area (TPSA) is 0 Å². The van der Waals surface area contributed by atoms with Crippen molar-refractivity contribution < 1.29 is 96.7 Å². The van der Waals surface area contributed by atoms with Crippen LogP contribution in [0.4, 0.5) is 75.5 Å².